The summed E-state index contributed by atoms with van der Waals surface area (Å²) in [7, 11) is 0. The Labute approximate surface area is 156 Å². The Kier molecular flexibility index (Phi) is 4.53. The van der Waals surface area contributed by atoms with Crippen molar-refractivity contribution in [3.63, 3.8) is 0 Å². The Bertz CT molecular complexity index is 883. The number of hydrogen-bond donors (Lipinski definition) is 2. The van der Waals surface area contributed by atoms with Gasteiger partial charge in [-0.2, -0.15) is 0 Å². The number of nitrogens with one attached hydrogen (secondary N) is 2. The summed E-state index contributed by atoms with van der Waals surface area (Å²) in [5.41, 5.74) is 2.23. The van der Waals surface area contributed by atoms with Crippen molar-refractivity contribution in [3.8, 4) is 0 Å². The van der Waals surface area contributed by atoms with Gasteiger partial charge in [-0.3, -0.25) is 9.88 Å². The predicted octanol–water partition coefficient (Wildman–Crippen LogP) is 2.51. The molecule has 2 aromatic rings. The number of rotatable bonds is 4. The van der Waals surface area contributed by atoms with E-state index in [2.05, 4.69) is 15.3 Å². The molecule has 7 nitrogen and oxygen atoms in total. The first-order valence-corrected chi connectivity index (χ1v) is 8.73. The van der Waals surface area contributed by atoms with Crippen molar-refractivity contribution in [2.75, 3.05) is 29.4 Å². The fourth-order valence-corrected chi connectivity index (χ4v) is 3.21. The second-order valence-corrected chi connectivity index (χ2v) is 6.55. The molecule has 2 saturated heterocycles. The monoisotopic (exact) mass is 366 g/mol. The van der Waals surface area contributed by atoms with Gasteiger partial charge in [0.05, 0.1) is 30.7 Å². The van der Waals surface area contributed by atoms with Crippen LogP contribution in [0.25, 0.3) is 0 Å². The summed E-state index contributed by atoms with van der Waals surface area (Å²) in [5.74, 6) is 0.719. The van der Waals surface area contributed by atoms with Crippen molar-refractivity contribution in [3.05, 3.63) is 60.2 Å². The second kappa shape index (κ2) is 7.14. The van der Waals surface area contributed by atoms with Crippen molar-refractivity contribution in [2.24, 2.45) is 0 Å². The molecule has 0 saturated carbocycles. The average Bonchev–Trinajstić information content (AvgIpc) is 3.28. The van der Waals surface area contributed by atoms with E-state index in [0.717, 1.165) is 5.82 Å². The third kappa shape index (κ3) is 3.64. The molecule has 2 aliphatic rings. The van der Waals surface area contributed by atoms with Crippen LogP contribution in [-0.2, 0) is 0 Å². The lowest BCUT2D eigenvalue weighted by atomic mass is 10.1. The first-order valence-electron chi connectivity index (χ1n) is 8.73. The third-order valence-electron chi connectivity index (χ3n) is 4.63. The van der Waals surface area contributed by atoms with Gasteiger partial charge in [0.1, 0.15) is 12.0 Å². The van der Waals surface area contributed by atoms with Crippen LogP contribution < -0.4 is 15.1 Å². The smallest absolute Gasteiger partial charge is 0.326 e. The Morgan fingerprint density at radius 2 is 2.22 bits per heavy atom. The summed E-state index contributed by atoms with van der Waals surface area (Å²) in [6.07, 6.45) is 6.23. The van der Waals surface area contributed by atoms with E-state index in [9.17, 15) is 9.18 Å². The standard InChI is InChI=1S/C19H19FN6O/c20-14-5-7-25(11-14)18-4-3-13(9-23-18)17(21)8-15-12-26(19(27)24-15)16-2-1-6-22-10-16/h1-4,6,8-10,14,21H,5,7,11-12H2,(H,24,27)/b15-8-,21-17?/t14-/m0/s1. The highest BCUT2D eigenvalue weighted by molar-refractivity contribution is 6.08. The number of halogens is 1. The van der Waals surface area contributed by atoms with Crippen molar-refractivity contribution in [2.45, 2.75) is 12.6 Å². The molecule has 4 heterocycles. The molecule has 4 rings (SSSR count). The Balaban J connectivity index is 1.45. The molecule has 8 heteroatoms. The first kappa shape index (κ1) is 17.1. The maximum absolute atomic E-state index is 13.3. The number of amides is 2. The Morgan fingerprint density at radius 1 is 1.33 bits per heavy atom. The van der Waals surface area contributed by atoms with Gasteiger partial charge < -0.3 is 15.6 Å². The van der Waals surface area contributed by atoms with Crippen LogP contribution in [0.15, 0.2) is 54.6 Å². The summed E-state index contributed by atoms with van der Waals surface area (Å²) in [6.45, 7) is 1.37. The normalized spacial score (nSPS) is 21.0. The number of nitrogens with zero attached hydrogens (tertiary/aromatic N) is 4. The van der Waals surface area contributed by atoms with Crippen LogP contribution in [0.1, 0.15) is 12.0 Å². The molecule has 2 N–H and O–H groups in total. The summed E-state index contributed by atoms with van der Waals surface area (Å²) in [5, 5.41) is 11.0. The van der Waals surface area contributed by atoms with Gasteiger partial charge >= 0.3 is 6.03 Å². The molecule has 0 bridgehead atoms. The molecule has 0 aliphatic carbocycles. The zero-order valence-electron chi connectivity index (χ0n) is 14.6. The highest BCUT2D eigenvalue weighted by Crippen LogP contribution is 2.21. The molecule has 0 aromatic carbocycles. The molecular formula is C19H19FN6O. The minimum atomic E-state index is -0.803. The fourth-order valence-electron chi connectivity index (χ4n) is 3.21. The van der Waals surface area contributed by atoms with Crippen molar-refractivity contribution in [1.29, 1.82) is 5.41 Å². The van der Waals surface area contributed by atoms with Gasteiger partial charge in [-0.25, -0.2) is 14.2 Å². The van der Waals surface area contributed by atoms with E-state index in [0.29, 0.717) is 43.0 Å². The van der Waals surface area contributed by atoms with Crippen LogP contribution in [0.5, 0.6) is 0 Å². The predicted molar refractivity (Wildman–Crippen MR) is 101 cm³/mol. The van der Waals surface area contributed by atoms with Gasteiger partial charge in [0.25, 0.3) is 0 Å². The van der Waals surface area contributed by atoms with Gasteiger partial charge in [-0.05, 0) is 36.8 Å². The van der Waals surface area contributed by atoms with Crippen LogP contribution in [-0.4, -0.2) is 47.5 Å². The van der Waals surface area contributed by atoms with Gasteiger partial charge in [0.15, 0.2) is 0 Å². The number of aromatic nitrogens is 2. The van der Waals surface area contributed by atoms with Gasteiger partial charge in [0.2, 0.25) is 0 Å². The maximum Gasteiger partial charge on any atom is 0.326 e. The van der Waals surface area contributed by atoms with E-state index in [1.54, 1.807) is 47.8 Å². The number of carbonyl (C=O) groups excluding carboxylic acids is 1. The lowest BCUT2D eigenvalue weighted by Gasteiger charge is -2.16. The maximum atomic E-state index is 13.3. The molecule has 2 aromatic heterocycles. The third-order valence-corrected chi connectivity index (χ3v) is 4.63. The average molecular weight is 366 g/mol. The number of allylic oxidation sites excluding steroid dienone is 1. The van der Waals surface area contributed by atoms with Gasteiger partial charge in [0, 0.05) is 30.2 Å². The van der Waals surface area contributed by atoms with Crippen LogP contribution in [0.4, 0.5) is 20.7 Å². The molecular weight excluding hydrogens is 347 g/mol. The molecule has 2 amide bonds. The first-order chi connectivity index (χ1) is 13.1. The molecule has 1 atom stereocenters. The van der Waals surface area contributed by atoms with Crippen LogP contribution >= 0.6 is 0 Å². The number of carbonyl (C=O) groups is 1. The largest absolute Gasteiger partial charge is 0.354 e. The lowest BCUT2D eigenvalue weighted by Crippen LogP contribution is -2.27. The van der Waals surface area contributed by atoms with Crippen molar-refractivity contribution in [1.82, 2.24) is 15.3 Å². The highest BCUT2D eigenvalue weighted by Gasteiger charge is 2.26. The van der Waals surface area contributed by atoms with Gasteiger partial charge in [-0.15, -0.1) is 0 Å². The zero-order valence-corrected chi connectivity index (χ0v) is 14.6. The summed E-state index contributed by atoms with van der Waals surface area (Å²) >= 11 is 0. The molecule has 2 fully saturated rings. The van der Waals surface area contributed by atoms with Crippen LogP contribution in [0.3, 0.4) is 0 Å². The zero-order chi connectivity index (χ0) is 18.8. The van der Waals surface area contributed by atoms with Crippen molar-refractivity contribution >= 4 is 23.2 Å². The highest BCUT2D eigenvalue weighted by atomic mass is 19.1. The topological polar surface area (TPSA) is 85.2 Å². The lowest BCUT2D eigenvalue weighted by molar-refractivity contribution is 0.252. The summed E-state index contributed by atoms with van der Waals surface area (Å²) in [4.78, 5) is 24.0. The Morgan fingerprint density at radius 3 is 2.89 bits per heavy atom. The minimum absolute atomic E-state index is 0.245. The number of urea groups is 1. The molecule has 0 radical (unpaired) electrons. The Hall–Kier alpha value is -3.29. The SMILES string of the molecule is N=C(/C=C1/CN(c2cccnc2)C(=O)N1)c1ccc(N2CC[C@H](F)C2)nc1. The summed E-state index contributed by atoms with van der Waals surface area (Å²) in [6, 6.07) is 6.93. The molecule has 2 aliphatic heterocycles. The van der Waals surface area contributed by atoms with Gasteiger partial charge in [-0.1, -0.05) is 0 Å². The number of alkyl halides is 1. The number of anilines is 2. The van der Waals surface area contributed by atoms with E-state index < -0.39 is 6.17 Å². The van der Waals surface area contributed by atoms with E-state index >= 15 is 0 Å². The quantitative estimate of drug-likeness (QED) is 0.814. The number of hydrogen-bond acceptors (Lipinski definition) is 5. The number of pyridine rings is 2. The molecule has 0 spiro atoms. The second-order valence-electron chi connectivity index (χ2n) is 6.55. The van der Waals surface area contributed by atoms with E-state index in [1.807, 2.05) is 11.0 Å². The molecule has 27 heavy (non-hydrogen) atoms. The molecule has 138 valence electrons. The van der Waals surface area contributed by atoms with Crippen molar-refractivity contribution < 1.29 is 9.18 Å². The fraction of sp³-hybridized carbons (Fsp3) is 0.263. The van der Waals surface area contributed by atoms with E-state index in [1.165, 1.54) is 0 Å². The van der Waals surface area contributed by atoms with Crippen LogP contribution in [0.2, 0.25) is 0 Å². The van der Waals surface area contributed by atoms with E-state index in [4.69, 9.17) is 5.41 Å². The van der Waals surface area contributed by atoms with Crippen LogP contribution in [0, 0.1) is 5.41 Å². The molecule has 0 unspecified atom stereocenters. The minimum Gasteiger partial charge on any atom is -0.354 e. The summed E-state index contributed by atoms with van der Waals surface area (Å²) < 4.78 is 13.3. The van der Waals surface area contributed by atoms with E-state index in [-0.39, 0.29) is 11.7 Å².